The molecule has 2 aromatic rings. The van der Waals surface area contributed by atoms with Gasteiger partial charge in [0.15, 0.2) is 0 Å². The fourth-order valence-electron chi connectivity index (χ4n) is 1.96. The highest BCUT2D eigenvalue weighted by Gasteiger charge is 2.20. The van der Waals surface area contributed by atoms with Gasteiger partial charge in [-0.2, -0.15) is 10.2 Å². The first-order valence-electron chi connectivity index (χ1n) is 6.33. The number of aryl methyl sites for hydroxylation is 3. The lowest BCUT2D eigenvalue weighted by Crippen LogP contribution is -2.24. The van der Waals surface area contributed by atoms with E-state index in [2.05, 4.69) is 31.4 Å². The minimum Gasteiger partial charge on any atom is -0.321 e. The minimum atomic E-state index is -0.390. The number of anilines is 1. The fourth-order valence-corrected chi connectivity index (χ4v) is 2.25. The van der Waals surface area contributed by atoms with Gasteiger partial charge in [0, 0.05) is 13.2 Å². The predicted molar refractivity (Wildman–Crippen MR) is 80.7 cm³/mol. The maximum Gasteiger partial charge on any atom is 0.249 e. The van der Waals surface area contributed by atoms with Crippen LogP contribution < -0.4 is 5.32 Å². The number of carbonyl (C=O) groups excluding carboxylic acids is 1. The van der Waals surface area contributed by atoms with E-state index in [-0.39, 0.29) is 11.9 Å². The lowest BCUT2D eigenvalue weighted by molar-refractivity contribution is -0.119. The maximum absolute atomic E-state index is 12.3. The van der Waals surface area contributed by atoms with E-state index in [1.165, 1.54) is 0 Å². The summed E-state index contributed by atoms with van der Waals surface area (Å²) in [6.07, 6.45) is 1.81. The highest BCUT2D eigenvalue weighted by atomic mass is 79.9. The van der Waals surface area contributed by atoms with Crippen molar-refractivity contribution in [2.45, 2.75) is 33.7 Å². The molecule has 0 aliphatic heterocycles. The second-order valence-electron chi connectivity index (χ2n) is 4.88. The molecule has 20 heavy (non-hydrogen) atoms. The van der Waals surface area contributed by atoms with Crippen LogP contribution in [-0.2, 0) is 11.8 Å². The summed E-state index contributed by atoms with van der Waals surface area (Å²) in [5.41, 5.74) is 3.37. The highest BCUT2D eigenvalue weighted by Crippen LogP contribution is 2.21. The molecule has 1 amide bonds. The molecule has 2 rings (SSSR count). The number of hydrogen-bond donors (Lipinski definition) is 1. The highest BCUT2D eigenvalue weighted by molar-refractivity contribution is 9.10. The van der Waals surface area contributed by atoms with Gasteiger partial charge in [0.05, 0.1) is 27.2 Å². The summed E-state index contributed by atoms with van der Waals surface area (Å²) in [5, 5.41) is 11.5. The predicted octanol–water partition coefficient (Wildman–Crippen LogP) is 2.50. The van der Waals surface area contributed by atoms with Crippen molar-refractivity contribution in [1.29, 1.82) is 0 Å². The zero-order valence-corrected chi connectivity index (χ0v) is 13.8. The van der Waals surface area contributed by atoms with E-state index in [0.29, 0.717) is 0 Å². The van der Waals surface area contributed by atoms with E-state index in [4.69, 9.17) is 0 Å². The summed E-state index contributed by atoms with van der Waals surface area (Å²) in [7, 11) is 1.86. The number of carbonyl (C=O) groups is 1. The Morgan fingerprint density at radius 2 is 1.95 bits per heavy atom. The molecule has 0 aliphatic carbocycles. The Morgan fingerprint density at radius 1 is 1.30 bits per heavy atom. The summed E-state index contributed by atoms with van der Waals surface area (Å²) in [4.78, 5) is 12.3. The molecule has 2 heterocycles. The van der Waals surface area contributed by atoms with Crippen molar-refractivity contribution in [2.24, 2.45) is 7.05 Å². The van der Waals surface area contributed by atoms with Crippen molar-refractivity contribution in [2.75, 3.05) is 5.32 Å². The van der Waals surface area contributed by atoms with E-state index in [0.717, 1.165) is 27.2 Å². The molecule has 6 nitrogen and oxygen atoms in total. The van der Waals surface area contributed by atoms with Crippen molar-refractivity contribution in [1.82, 2.24) is 19.6 Å². The van der Waals surface area contributed by atoms with Gasteiger partial charge in [0.1, 0.15) is 6.04 Å². The van der Waals surface area contributed by atoms with Gasteiger partial charge >= 0.3 is 0 Å². The van der Waals surface area contributed by atoms with Crippen LogP contribution in [0.5, 0.6) is 0 Å². The van der Waals surface area contributed by atoms with Crippen LogP contribution in [0.1, 0.15) is 30.0 Å². The third kappa shape index (κ3) is 2.63. The molecule has 0 aromatic carbocycles. The standard InChI is InChI=1S/C13H18BrN5O/c1-7-11(14)6-19(17-7)10(4)13(20)15-12-8(2)16-18(5)9(12)3/h6,10H,1-5H3,(H,15,20). The molecule has 1 N–H and O–H groups in total. The Bertz CT molecular complexity index is 639. The summed E-state index contributed by atoms with van der Waals surface area (Å²) in [6.45, 7) is 7.51. The molecule has 0 saturated heterocycles. The SMILES string of the molecule is Cc1nn(C(C)C(=O)Nc2c(C)nn(C)c2C)cc1Br. The van der Waals surface area contributed by atoms with Gasteiger partial charge in [0.25, 0.3) is 0 Å². The molecule has 7 heteroatoms. The Morgan fingerprint density at radius 3 is 2.40 bits per heavy atom. The number of aromatic nitrogens is 4. The Balaban J connectivity index is 2.19. The smallest absolute Gasteiger partial charge is 0.249 e. The van der Waals surface area contributed by atoms with Crippen LogP contribution in [0.15, 0.2) is 10.7 Å². The summed E-state index contributed by atoms with van der Waals surface area (Å²) in [5.74, 6) is -0.112. The van der Waals surface area contributed by atoms with E-state index < -0.39 is 0 Å². The number of nitrogens with zero attached hydrogens (tertiary/aromatic N) is 4. The van der Waals surface area contributed by atoms with Crippen molar-refractivity contribution < 1.29 is 4.79 Å². The first-order valence-corrected chi connectivity index (χ1v) is 7.13. The number of amides is 1. The first kappa shape index (κ1) is 14.8. The van der Waals surface area contributed by atoms with Crippen LogP contribution in [0.3, 0.4) is 0 Å². The average Bonchev–Trinajstić information content (AvgIpc) is 2.83. The monoisotopic (exact) mass is 339 g/mol. The molecule has 1 atom stereocenters. The van der Waals surface area contributed by atoms with Crippen molar-refractivity contribution in [3.8, 4) is 0 Å². The molecule has 0 radical (unpaired) electrons. The number of nitrogens with one attached hydrogen (secondary N) is 1. The molecule has 1 unspecified atom stereocenters. The molecule has 0 fully saturated rings. The second-order valence-corrected chi connectivity index (χ2v) is 5.73. The van der Waals surface area contributed by atoms with E-state index in [1.54, 1.807) is 9.36 Å². The molecule has 108 valence electrons. The van der Waals surface area contributed by atoms with Gasteiger partial charge in [-0.3, -0.25) is 14.2 Å². The lowest BCUT2D eigenvalue weighted by Gasteiger charge is -2.13. The third-order valence-electron chi connectivity index (χ3n) is 3.39. The molecule has 0 saturated carbocycles. The summed E-state index contributed by atoms with van der Waals surface area (Å²) < 4.78 is 4.30. The van der Waals surface area contributed by atoms with Crippen LogP contribution in [0, 0.1) is 20.8 Å². The third-order valence-corrected chi connectivity index (χ3v) is 4.17. The van der Waals surface area contributed by atoms with Gasteiger partial charge in [-0.1, -0.05) is 0 Å². The van der Waals surface area contributed by atoms with Crippen LogP contribution in [-0.4, -0.2) is 25.5 Å². The number of halogens is 1. The zero-order valence-electron chi connectivity index (χ0n) is 12.2. The Kier molecular flexibility index (Phi) is 3.99. The van der Waals surface area contributed by atoms with Gasteiger partial charge < -0.3 is 5.32 Å². The van der Waals surface area contributed by atoms with Crippen LogP contribution >= 0.6 is 15.9 Å². The quantitative estimate of drug-likeness (QED) is 0.934. The van der Waals surface area contributed by atoms with Gasteiger partial charge in [-0.05, 0) is 43.6 Å². The van der Waals surface area contributed by atoms with E-state index >= 15 is 0 Å². The van der Waals surface area contributed by atoms with Crippen molar-refractivity contribution in [3.63, 3.8) is 0 Å². The normalized spacial score (nSPS) is 12.5. The van der Waals surface area contributed by atoms with E-state index in [9.17, 15) is 4.79 Å². The lowest BCUT2D eigenvalue weighted by atomic mass is 10.2. The Hall–Kier alpha value is -1.63. The van der Waals surface area contributed by atoms with Crippen LogP contribution in [0.2, 0.25) is 0 Å². The molecular weight excluding hydrogens is 322 g/mol. The summed E-state index contributed by atoms with van der Waals surface area (Å²) >= 11 is 3.40. The van der Waals surface area contributed by atoms with Gasteiger partial charge in [-0.15, -0.1) is 0 Å². The van der Waals surface area contributed by atoms with E-state index in [1.807, 2.05) is 40.9 Å². The second kappa shape index (κ2) is 5.40. The topological polar surface area (TPSA) is 64.7 Å². The average molecular weight is 340 g/mol. The van der Waals surface area contributed by atoms with Crippen molar-refractivity contribution >= 4 is 27.5 Å². The zero-order chi connectivity index (χ0) is 15.0. The minimum absolute atomic E-state index is 0.112. The van der Waals surface area contributed by atoms with Gasteiger partial charge in [0.2, 0.25) is 5.91 Å². The van der Waals surface area contributed by atoms with Crippen molar-refractivity contribution in [3.05, 3.63) is 27.8 Å². The van der Waals surface area contributed by atoms with Gasteiger partial charge in [-0.25, -0.2) is 0 Å². The largest absolute Gasteiger partial charge is 0.321 e. The first-order chi connectivity index (χ1) is 9.31. The molecule has 0 aliphatic rings. The molecule has 0 bridgehead atoms. The number of hydrogen-bond acceptors (Lipinski definition) is 3. The number of rotatable bonds is 3. The molecular formula is C13H18BrN5O. The maximum atomic E-state index is 12.3. The molecule has 0 spiro atoms. The van der Waals surface area contributed by atoms with Crippen LogP contribution in [0.25, 0.3) is 0 Å². The van der Waals surface area contributed by atoms with Crippen LogP contribution in [0.4, 0.5) is 5.69 Å². The fraction of sp³-hybridized carbons (Fsp3) is 0.462. The Labute approximate surface area is 126 Å². The molecule has 2 aromatic heterocycles. The summed E-state index contributed by atoms with van der Waals surface area (Å²) in [6, 6.07) is -0.390.